The topological polar surface area (TPSA) is 67.9 Å². The molecule has 2 amide bonds. The van der Waals surface area contributed by atoms with Gasteiger partial charge in [0.2, 0.25) is 11.8 Å². The zero-order chi connectivity index (χ0) is 23.3. The van der Waals surface area contributed by atoms with Crippen LogP contribution in [0.1, 0.15) is 50.8 Å². The smallest absolute Gasteiger partial charge is 0.227 e. The third-order valence-electron chi connectivity index (χ3n) is 5.98. The third kappa shape index (κ3) is 5.61. The Hall–Kier alpha value is -3.02. The van der Waals surface area contributed by atoms with Gasteiger partial charge in [-0.3, -0.25) is 9.59 Å². The minimum absolute atomic E-state index is 0.0180. The van der Waals surface area contributed by atoms with Crippen molar-refractivity contribution in [2.45, 2.75) is 39.7 Å². The number of rotatable bonds is 6. The molecule has 0 aromatic heterocycles. The number of likely N-dealkylation sites (tertiary alicyclic amines) is 1. The molecule has 1 fully saturated rings. The molecule has 1 aliphatic rings. The molecule has 172 valence electrons. The Labute approximate surface area is 190 Å². The van der Waals surface area contributed by atoms with E-state index in [1.165, 1.54) is 0 Å². The first-order valence-electron chi connectivity index (χ1n) is 11.1. The van der Waals surface area contributed by atoms with Gasteiger partial charge in [0.1, 0.15) is 11.5 Å². The minimum atomic E-state index is -0.400. The number of nitrogens with one attached hydrogen (secondary N) is 1. The fourth-order valence-corrected chi connectivity index (χ4v) is 4.03. The van der Waals surface area contributed by atoms with Gasteiger partial charge in [-0.25, -0.2) is 0 Å². The lowest BCUT2D eigenvalue weighted by Gasteiger charge is -2.35. The van der Waals surface area contributed by atoms with Crippen molar-refractivity contribution in [2.24, 2.45) is 11.3 Å². The summed E-state index contributed by atoms with van der Waals surface area (Å²) in [4.78, 5) is 27.6. The predicted octanol–water partition coefficient (Wildman–Crippen LogP) is 4.19. The number of methoxy groups -OCH3 is 2. The lowest BCUT2D eigenvalue weighted by atomic mass is 9.90. The first-order valence-corrected chi connectivity index (χ1v) is 11.1. The highest BCUT2D eigenvalue weighted by molar-refractivity contribution is 5.83. The highest BCUT2D eigenvalue weighted by Gasteiger charge is 2.33. The maximum atomic E-state index is 13.2. The second-order valence-electron chi connectivity index (χ2n) is 9.30. The zero-order valence-electron chi connectivity index (χ0n) is 19.7. The molecule has 0 bridgehead atoms. The first kappa shape index (κ1) is 23.6. The summed E-state index contributed by atoms with van der Waals surface area (Å²) in [5.41, 5.74) is 1.55. The van der Waals surface area contributed by atoms with Crippen LogP contribution in [0, 0.1) is 11.3 Å². The van der Waals surface area contributed by atoms with Crippen LogP contribution in [-0.4, -0.2) is 44.0 Å². The number of carbonyl (C=O) groups excluding carboxylic acids is 2. The number of piperidine rings is 1. The fourth-order valence-electron chi connectivity index (χ4n) is 4.03. The molecule has 6 nitrogen and oxygen atoms in total. The van der Waals surface area contributed by atoms with Gasteiger partial charge in [0.15, 0.2) is 0 Å². The molecule has 0 spiro atoms. The predicted molar refractivity (Wildman–Crippen MR) is 125 cm³/mol. The van der Waals surface area contributed by atoms with Crippen LogP contribution in [0.3, 0.4) is 0 Å². The Morgan fingerprint density at radius 2 is 1.31 bits per heavy atom. The van der Waals surface area contributed by atoms with Gasteiger partial charge in [-0.2, -0.15) is 0 Å². The molecule has 0 aliphatic carbocycles. The molecule has 32 heavy (non-hydrogen) atoms. The second-order valence-corrected chi connectivity index (χ2v) is 9.30. The number of carbonyl (C=O) groups is 2. The largest absolute Gasteiger partial charge is 0.497 e. The Morgan fingerprint density at radius 1 is 0.875 bits per heavy atom. The van der Waals surface area contributed by atoms with E-state index >= 15 is 0 Å². The van der Waals surface area contributed by atoms with E-state index in [1.807, 2.05) is 74.2 Å². The number of ether oxygens (including phenoxy) is 2. The molecule has 0 unspecified atom stereocenters. The zero-order valence-corrected chi connectivity index (χ0v) is 19.7. The first-order chi connectivity index (χ1) is 15.2. The average Bonchev–Trinajstić information content (AvgIpc) is 2.81. The van der Waals surface area contributed by atoms with Crippen LogP contribution in [0.5, 0.6) is 11.5 Å². The van der Waals surface area contributed by atoms with Crippen molar-refractivity contribution in [2.75, 3.05) is 27.3 Å². The molecule has 6 heteroatoms. The van der Waals surface area contributed by atoms with Crippen molar-refractivity contribution in [1.29, 1.82) is 0 Å². The van der Waals surface area contributed by atoms with Crippen LogP contribution in [0.25, 0.3) is 0 Å². The van der Waals surface area contributed by atoms with Crippen LogP contribution in [-0.2, 0) is 9.59 Å². The summed E-state index contributed by atoms with van der Waals surface area (Å²) < 4.78 is 10.6. The summed E-state index contributed by atoms with van der Waals surface area (Å²) in [5, 5.41) is 3.24. The van der Waals surface area contributed by atoms with E-state index in [4.69, 9.17) is 9.47 Å². The highest BCUT2D eigenvalue weighted by Crippen LogP contribution is 2.28. The normalized spacial score (nSPS) is 14.9. The Bertz CT molecular complexity index is 861. The molecule has 1 heterocycles. The highest BCUT2D eigenvalue weighted by atomic mass is 16.5. The van der Waals surface area contributed by atoms with E-state index < -0.39 is 5.41 Å². The summed E-state index contributed by atoms with van der Waals surface area (Å²) in [6.45, 7) is 7.03. The van der Waals surface area contributed by atoms with E-state index in [9.17, 15) is 9.59 Å². The van der Waals surface area contributed by atoms with Gasteiger partial charge in [-0.05, 0) is 48.2 Å². The van der Waals surface area contributed by atoms with Gasteiger partial charge in [-0.1, -0.05) is 45.0 Å². The Kier molecular flexibility index (Phi) is 7.44. The molecule has 0 radical (unpaired) electrons. The van der Waals surface area contributed by atoms with Crippen LogP contribution in [0.4, 0.5) is 0 Å². The van der Waals surface area contributed by atoms with Crippen molar-refractivity contribution < 1.29 is 19.1 Å². The number of benzene rings is 2. The number of hydrogen-bond donors (Lipinski definition) is 1. The average molecular weight is 439 g/mol. The van der Waals surface area contributed by atoms with Crippen molar-refractivity contribution in [3.8, 4) is 11.5 Å². The molecule has 1 saturated heterocycles. The van der Waals surface area contributed by atoms with Crippen molar-refractivity contribution in [1.82, 2.24) is 10.2 Å². The van der Waals surface area contributed by atoms with Gasteiger partial charge in [0.05, 0.1) is 20.3 Å². The molecule has 3 rings (SSSR count). The third-order valence-corrected chi connectivity index (χ3v) is 5.98. The lowest BCUT2D eigenvalue weighted by Crippen LogP contribution is -2.47. The van der Waals surface area contributed by atoms with E-state index in [0.29, 0.717) is 25.9 Å². The number of amides is 2. The van der Waals surface area contributed by atoms with Crippen molar-refractivity contribution in [3.05, 3.63) is 59.7 Å². The van der Waals surface area contributed by atoms with Crippen LogP contribution in [0.15, 0.2) is 48.5 Å². The molecule has 1 N–H and O–H groups in total. The summed E-state index contributed by atoms with van der Waals surface area (Å²) in [7, 11) is 3.27. The molecule has 1 aliphatic heterocycles. The molecule has 2 aromatic rings. The number of hydrogen-bond acceptors (Lipinski definition) is 4. The van der Waals surface area contributed by atoms with Gasteiger partial charge < -0.3 is 19.7 Å². The summed E-state index contributed by atoms with van der Waals surface area (Å²) in [6.07, 6.45) is 1.34. The summed E-state index contributed by atoms with van der Waals surface area (Å²) in [6, 6.07) is 15.2. The van der Waals surface area contributed by atoms with Gasteiger partial charge >= 0.3 is 0 Å². The Morgan fingerprint density at radius 3 is 1.69 bits per heavy atom. The maximum absolute atomic E-state index is 13.2. The maximum Gasteiger partial charge on any atom is 0.227 e. The number of nitrogens with zero attached hydrogens (tertiary/aromatic N) is 1. The van der Waals surface area contributed by atoms with E-state index in [-0.39, 0.29) is 23.8 Å². The summed E-state index contributed by atoms with van der Waals surface area (Å²) in [5.74, 6) is 1.59. The van der Waals surface area contributed by atoms with Gasteiger partial charge in [-0.15, -0.1) is 0 Å². The van der Waals surface area contributed by atoms with Crippen LogP contribution < -0.4 is 14.8 Å². The standard InChI is InChI=1S/C26H34N2O4/c1-26(2,3)25(30)28-16-14-20(15-17-28)24(29)27-23(18-6-10-21(31-4)11-7-18)19-8-12-22(32-5)13-9-19/h6-13,20,23H,14-17H2,1-5H3,(H,27,29). The van der Waals surface area contributed by atoms with Crippen molar-refractivity contribution >= 4 is 11.8 Å². The van der Waals surface area contributed by atoms with Crippen LogP contribution in [0.2, 0.25) is 0 Å². The van der Waals surface area contributed by atoms with Crippen LogP contribution >= 0.6 is 0 Å². The quantitative estimate of drug-likeness (QED) is 0.734. The summed E-state index contributed by atoms with van der Waals surface area (Å²) >= 11 is 0. The molecular formula is C26H34N2O4. The van der Waals surface area contributed by atoms with E-state index in [0.717, 1.165) is 22.6 Å². The monoisotopic (exact) mass is 438 g/mol. The second kappa shape index (κ2) is 10.1. The lowest BCUT2D eigenvalue weighted by molar-refractivity contribution is -0.142. The van der Waals surface area contributed by atoms with E-state index in [2.05, 4.69) is 5.32 Å². The Balaban J connectivity index is 1.74. The van der Waals surface area contributed by atoms with E-state index in [1.54, 1.807) is 14.2 Å². The molecular weight excluding hydrogens is 404 g/mol. The fraction of sp³-hybridized carbons (Fsp3) is 0.462. The molecule has 2 aromatic carbocycles. The van der Waals surface area contributed by atoms with Crippen molar-refractivity contribution in [3.63, 3.8) is 0 Å². The van der Waals surface area contributed by atoms with Gasteiger partial charge in [0.25, 0.3) is 0 Å². The molecule has 0 atom stereocenters. The SMILES string of the molecule is COc1ccc(C(NC(=O)C2CCN(C(=O)C(C)(C)C)CC2)c2ccc(OC)cc2)cc1. The minimum Gasteiger partial charge on any atom is -0.497 e. The van der Waals surface area contributed by atoms with Gasteiger partial charge in [0, 0.05) is 24.4 Å². The molecule has 0 saturated carbocycles.